The van der Waals surface area contributed by atoms with Gasteiger partial charge in [0.25, 0.3) is 0 Å². The van der Waals surface area contributed by atoms with Gasteiger partial charge in [-0.1, -0.05) is 6.07 Å². The molecule has 2 rings (SSSR count). The van der Waals surface area contributed by atoms with Crippen LogP contribution in [0.3, 0.4) is 0 Å². The molecule has 1 aliphatic carbocycles. The molecule has 19 heavy (non-hydrogen) atoms. The lowest BCUT2D eigenvalue weighted by molar-refractivity contribution is -0.130. The van der Waals surface area contributed by atoms with E-state index in [0.717, 1.165) is 18.4 Å². The lowest BCUT2D eigenvalue weighted by atomic mass is 10.2. The molecule has 0 spiro atoms. The van der Waals surface area contributed by atoms with Gasteiger partial charge in [-0.2, -0.15) is 0 Å². The molecule has 2 N–H and O–H groups in total. The van der Waals surface area contributed by atoms with Crippen LogP contribution < -0.4 is 15.2 Å². The van der Waals surface area contributed by atoms with Crippen LogP contribution in [0.15, 0.2) is 18.2 Å². The van der Waals surface area contributed by atoms with Gasteiger partial charge in [-0.15, -0.1) is 0 Å². The minimum atomic E-state index is -0.00251. The molecule has 1 saturated carbocycles. The van der Waals surface area contributed by atoms with E-state index in [1.807, 2.05) is 23.1 Å². The van der Waals surface area contributed by atoms with Gasteiger partial charge >= 0.3 is 0 Å². The molecule has 1 aromatic carbocycles. The van der Waals surface area contributed by atoms with Crippen LogP contribution in [0.2, 0.25) is 0 Å². The summed E-state index contributed by atoms with van der Waals surface area (Å²) in [6.07, 6.45) is 2.14. The second-order valence-corrected chi connectivity index (χ2v) is 4.65. The van der Waals surface area contributed by atoms with Gasteiger partial charge in [0, 0.05) is 12.6 Å². The van der Waals surface area contributed by atoms with Crippen LogP contribution in [0.4, 0.5) is 0 Å². The minimum absolute atomic E-state index is 0.00251. The number of carbonyl (C=O) groups excluding carboxylic acids is 1. The number of rotatable bonds is 6. The molecule has 0 aromatic heterocycles. The van der Waals surface area contributed by atoms with E-state index in [2.05, 4.69) is 0 Å². The van der Waals surface area contributed by atoms with Crippen molar-refractivity contribution >= 4 is 5.91 Å². The number of carbonyl (C=O) groups is 1. The zero-order chi connectivity index (χ0) is 13.8. The Morgan fingerprint density at radius 1 is 1.32 bits per heavy atom. The van der Waals surface area contributed by atoms with Crippen LogP contribution in [0, 0.1) is 0 Å². The van der Waals surface area contributed by atoms with Crippen molar-refractivity contribution in [3.05, 3.63) is 23.8 Å². The Bertz CT molecular complexity index is 458. The molecule has 104 valence electrons. The van der Waals surface area contributed by atoms with Crippen molar-refractivity contribution in [2.45, 2.75) is 25.4 Å². The molecule has 1 fully saturated rings. The SMILES string of the molecule is COc1ccc(CN(C(=O)CN)C2CC2)cc1OC. The average molecular weight is 264 g/mol. The number of amides is 1. The molecule has 0 radical (unpaired) electrons. The number of hydrogen-bond donors (Lipinski definition) is 1. The molecule has 1 aromatic rings. The fraction of sp³-hybridized carbons (Fsp3) is 0.500. The number of nitrogens with two attached hydrogens (primary N) is 1. The van der Waals surface area contributed by atoms with Crippen molar-refractivity contribution in [1.82, 2.24) is 4.90 Å². The van der Waals surface area contributed by atoms with E-state index in [4.69, 9.17) is 15.2 Å². The van der Waals surface area contributed by atoms with Gasteiger partial charge in [0.05, 0.1) is 20.8 Å². The fourth-order valence-electron chi connectivity index (χ4n) is 2.10. The normalized spacial score (nSPS) is 14.1. The van der Waals surface area contributed by atoms with Gasteiger partial charge in [0.15, 0.2) is 11.5 Å². The first kappa shape index (κ1) is 13.7. The number of nitrogens with zero attached hydrogens (tertiary/aromatic N) is 1. The molecule has 0 bridgehead atoms. The fourth-order valence-corrected chi connectivity index (χ4v) is 2.10. The predicted octanol–water partition coefficient (Wildman–Crippen LogP) is 1.15. The zero-order valence-corrected chi connectivity index (χ0v) is 11.4. The van der Waals surface area contributed by atoms with Crippen molar-refractivity contribution in [1.29, 1.82) is 0 Å². The molecule has 5 heteroatoms. The van der Waals surface area contributed by atoms with Gasteiger partial charge < -0.3 is 20.1 Å². The van der Waals surface area contributed by atoms with Gasteiger partial charge in [-0.3, -0.25) is 4.79 Å². The Morgan fingerprint density at radius 2 is 2.00 bits per heavy atom. The van der Waals surface area contributed by atoms with Crippen LogP contribution in [0.5, 0.6) is 11.5 Å². The molecular formula is C14H20N2O3. The summed E-state index contributed by atoms with van der Waals surface area (Å²) in [5.41, 5.74) is 6.48. The summed E-state index contributed by atoms with van der Waals surface area (Å²) < 4.78 is 10.5. The van der Waals surface area contributed by atoms with Crippen LogP contribution in [0.1, 0.15) is 18.4 Å². The molecule has 0 aliphatic heterocycles. The largest absolute Gasteiger partial charge is 0.493 e. The molecule has 0 unspecified atom stereocenters. The van der Waals surface area contributed by atoms with E-state index in [1.165, 1.54) is 0 Å². The van der Waals surface area contributed by atoms with E-state index in [9.17, 15) is 4.79 Å². The predicted molar refractivity (Wildman–Crippen MR) is 72.2 cm³/mol. The molecule has 1 aliphatic rings. The highest BCUT2D eigenvalue weighted by molar-refractivity contribution is 5.78. The second-order valence-electron chi connectivity index (χ2n) is 4.65. The first-order valence-corrected chi connectivity index (χ1v) is 6.40. The van der Waals surface area contributed by atoms with Crippen LogP contribution in [0.25, 0.3) is 0 Å². The Balaban J connectivity index is 2.14. The van der Waals surface area contributed by atoms with Gasteiger partial charge in [0.1, 0.15) is 0 Å². The van der Waals surface area contributed by atoms with Crippen molar-refractivity contribution in [2.75, 3.05) is 20.8 Å². The number of hydrogen-bond acceptors (Lipinski definition) is 4. The minimum Gasteiger partial charge on any atom is -0.493 e. The van der Waals surface area contributed by atoms with Gasteiger partial charge in [0.2, 0.25) is 5.91 Å². The molecule has 0 atom stereocenters. The molecular weight excluding hydrogens is 244 g/mol. The smallest absolute Gasteiger partial charge is 0.236 e. The van der Waals surface area contributed by atoms with E-state index in [0.29, 0.717) is 24.1 Å². The third-order valence-corrected chi connectivity index (χ3v) is 3.28. The number of methoxy groups -OCH3 is 2. The van der Waals surface area contributed by atoms with Crippen LogP contribution >= 0.6 is 0 Å². The Morgan fingerprint density at radius 3 is 2.53 bits per heavy atom. The molecule has 0 heterocycles. The van der Waals surface area contributed by atoms with Gasteiger partial charge in [-0.05, 0) is 30.5 Å². The summed E-state index contributed by atoms with van der Waals surface area (Å²) in [4.78, 5) is 13.7. The third kappa shape index (κ3) is 3.17. The summed E-state index contributed by atoms with van der Waals surface area (Å²) in [7, 11) is 3.21. The van der Waals surface area contributed by atoms with E-state index in [-0.39, 0.29) is 12.5 Å². The molecule has 1 amide bonds. The summed E-state index contributed by atoms with van der Waals surface area (Å²) in [6.45, 7) is 0.630. The summed E-state index contributed by atoms with van der Waals surface area (Å²) in [6, 6.07) is 6.05. The molecule has 0 saturated heterocycles. The van der Waals surface area contributed by atoms with Crippen molar-refractivity contribution < 1.29 is 14.3 Å². The Kier molecular flexibility index (Phi) is 4.27. The second kappa shape index (κ2) is 5.93. The monoisotopic (exact) mass is 264 g/mol. The lowest BCUT2D eigenvalue weighted by Gasteiger charge is -2.22. The third-order valence-electron chi connectivity index (χ3n) is 3.28. The number of ether oxygens (including phenoxy) is 2. The topological polar surface area (TPSA) is 64.8 Å². The highest BCUT2D eigenvalue weighted by Gasteiger charge is 2.31. The average Bonchev–Trinajstić information content (AvgIpc) is 3.28. The summed E-state index contributed by atoms with van der Waals surface area (Å²) >= 11 is 0. The maximum Gasteiger partial charge on any atom is 0.236 e. The van der Waals surface area contributed by atoms with E-state index >= 15 is 0 Å². The van der Waals surface area contributed by atoms with Gasteiger partial charge in [-0.25, -0.2) is 0 Å². The van der Waals surface area contributed by atoms with Crippen molar-refractivity contribution in [3.8, 4) is 11.5 Å². The highest BCUT2D eigenvalue weighted by atomic mass is 16.5. The number of benzene rings is 1. The van der Waals surface area contributed by atoms with Crippen molar-refractivity contribution in [2.24, 2.45) is 5.73 Å². The highest BCUT2D eigenvalue weighted by Crippen LogP contribution is 2.31. The first-order chi connectivity index (χ1) is 9.19. The van der Waals surface area contributed by atoms with E-state index < -0.39 is 0 Å². The zero-order valence-electron chi connectivity index (χ0n) is 11.4. The maximum atomic E-state index is 11.8. The Hall–Kier alpha value is -1.75. The van der Waals surface area contributed by atoms with Crippen LogP contribution in [-0.2, 0) is 11.3 Å². The lowest BCUT2D eigenvalue weighted by Crippen LogP contribution is -2.37. The summed E-state index contributed by atoms with van der Waals surface area (Å²) in [5, 5.41) is 0. The van der Waals surface area contributed by atoms with Crippen LogP contribution in [-0.4, -0.2) is 37.6 Å². The maximum absolute atomic E-state index is 11.8. The van der Waals surface area contributed by atoms with Crippen molar-refractivity contribution in [3.63, 3.8) is 0 Å². The quantitative estimate of drug-likeness (QED) is 0.837. The Labute approximate surface area is 113 Å². The standard InChI is InChI=1S/C14H20N2O3/c1-18-12-6-3-10(7-13(12)19-2)9-16(11-4-5-11)14(17)8-15/h3,6-7,11H,4-5,8-9,15H2,1-2H3. The first-order valence-electron chi connectivity index (χ1n) is 6.40. The summed E-state index contributed by atoms with van der Waals surface area (Å²) in [5.74, 6) is 1.36. The molecule has 5 nitrogen and oxygen atoms in total. The van der Waals surface area contributed by atoms with E-state index in [1.54, 1.807) is 14.2 Å².